The fourth-order valence-electron chi connectivity index (χ4n) is 6.83. The molecule has 50 heavy (non-hydrogen) atoms. The molecule has 2 fully saturated rings. The first-order chi connectivity index (χ1) is 24.4. The summed E-state index contributed by atoms with van der Waals surface area (Å²) in [5.41, 5.74) is 5.05. The molecule has 1 N–H and O–H groups in total. The van der Waals surface area contributed by atoms with E-state index in [0.717, 1.165) is 53.9 Å². The van der Waals surface area contributed by atoms with E-state index in [9.17, 15) is 9.59 Å². The number of rotatable bonds is 14. The van der Waals surface area contributed by atoms with Crippen LogP contribution in [0.25, 0.3) is 0 Å². The predicted octanol–water partition coefficient (Wildman–Crippen LogP) is 7.08. The van der Waals surface area contributed by atoms with Crippen molar-refractivity contribution in [2.45, 2.75) is 57.3 Å². The zero-order valence-corrected chi connectivity index (χ0v) is 28.8. The second-order valence-corrected chi connectivity index (χ2v) is 13.1. The van der Waals surface area contributed by atoms with Gasteiger partial charge in [-0.3, -0.25) is 4.90 Å². The van der Waals surface area contributed by atoms with Crippen LogP contribution in [0.2, 0.25) is 0 Å². The summed E-state index contributed by atoms with van der Waals surface area (Å²) in [7, 11) is 3.23. The maximum Gasteiger partial charge on any atom is 0.408 e. The molecule has 4 aromatic rings. The Balaban J connectivity index is 1.05. The quantitative estimate of drug-likeness (QED) is 0.112. The van der Waals surface area contributed by atoms with E-state index in [1.165, 1.54) is 12.8 Å². The Hall–Kier alpha value is -4.70. The number of carbonyl (C=O) groups is 2. The van der Waals surface area contributed by atoms with Gasteiger partial charge in [0.1, 0.15) is 25.1 Å². The SMILES string of the molecule is COC(Cc1ccc(COC(=O)c2cccc(COc3cccc([C@@H](NC(=O)O[C@@H]4CC5CCCN(C5)C4)c4ccccc4)c3)c2)cc1)OC. The highest BCUT2D eigenvalue weighted by Crippen LogP contribution is 2.29. The summed E-state index contributed by atoms with van der Waals surface area (Å²) in [6.07, 6.45) is 3.15. The van der Waals surface area contributed by atoms with Crippen molar-refractivity contribution in [1.29, 1.82) is 0 Å². The molecule has 2 saturated heterocycles. The summed E-state index contributed by atoms with van der Waals surface area (Å²) in [5.74, 6) is 0.833. The van der Waals surface area contributed by atoms with Crippen molar-refractivity contribution in [2.75, 3.05) is 33.9 Å². The minimum absolute atomic E-state index is 0.101. The van der Waals surface area contributed by atoms with Gasteiger partial charge >= 0.3 is 12.1 Å². The number of nitrogens with zero attached hydrogens (tertiary/aromatic N) is 1. The van der Waals surface area contributed by atoms with Gasteiger partial charge in [0.2, 0.25) is 0 Å². The van der Waals surface area contributed by atoms with Crippen molar-refractivity contribution in [1.82, 2.24) is 10.2 Å². The zero-order chi connectivity index (χ0) is 34.7. The molecular formula is C41H46N2O7. The number of ether oxygens (including phenoxy) is 5. The molecule has 0 radical (unpaired) electrons. The molecule has 2 unspecified atom stereocenters. The molecule has 9 nitrogen and oxygen atoms in total. The lowest BCUT2D eigenvalue weighted by molar-refractivity contribution is -0.100. The van der Waals surface area contributed by atoms with Crippen LogP contribution in [0.3, 0.4) is 0 Å². The number of carbonyl (C=O) groups excluding carboxylic acids is 2. The molecule has 2 aliphatic heterocycles. The van der Waals surface area contributed by atoms with Crippen LogP contribution >= 0.6 is 0 Å². The number of alkyl carbamates (subject to hydrolysis) is 1. The monoisotopic (exact) mass is 678 g/mol. The molecule has 2 aliphatic rings. The van der Waals surface area contributed by atoms with Crippen LogP contribution in [0, 0.1) is 5.92 Å². The highest BCUT2D eigenvalue weighted by molar-refractivity contribution is 5.89. The molecule has 0 spiro atoms. The largest absolute Gasteiger partial charge is 0.489 e. The van der Waals surface area contributed by atoms with Gasteiger partial charge in [-0.15, -0.1) is 0 Å². The third-order valence-corrected chi connectivity index (χ3v) is 9.41. The number of methoxy groups -OCH3 is 2. The smallest absolute Gasteiger partial charge is 0.408 e. The Morgan fingerprint density at radius 1 is 0.800 bits per heavy atom. The van der Waals surface area contributed by atoms with Crippen LogP contribution < -0.4 is 10.1 Å². The molecular weight excluding hydrogens is 632 g/mol. The predicted molar refractivity (Wildman–Crippen MR) is 190 cm³/mol. The number of hydrogen-bond acceptors (Lipinski definition) is 8. The Bertz CT molecular complexity index is 1680. The van der Waals surface area contributed by atoms with Crippen LogP contribution in [-0.4, -0.2) is 63.2 Å². The maximum absolute atomic E-state index is 13.2. The second kappa shape index (κ2) is 17.3. The number of nitrogens with one attached hydrogen (secondary N) is 1. The number of benzene rings is 4. The third kappa shape index (κ3) is 9.72. The normalized spacial score (nSPS) is 19.0. The van der Waals surface area contributed by atoms with Crippen LogP contribution in [0.5, 0.6) is 5.75 Å². The molecule has 1 amide bonds. The van der Waals surface area contributed by atoms with Crippen molar-refractivity contribution in [3.05, 3.63) is 137 Å². The maximum atomic E-state index is 13.2. The molecule has 6 rings (SSSR count). The summed E-state index contributed by atoms with van der Waals surface area (Å²) >= 11 is 0. The number of fused-ring (bicyclic) bond motifs is 2. The number of esters is 1. The average molecular weight is 679 g/mol. The Labute approximate surface area is 294 Å². The zero-order valence-electron chi connectivity index (χ0n) is 28.8. The lowest BCUT2D eigenvalue weighted by Gasteiger charge is -2.41. The minimum atomic E-state index is -0.419. The summed E-state index contributed by atoms with van der Waals surface area (Å²) in [5, 5.41) is 3.13. The first-order valence-electron chi connectivity index (χ1n) is 17.3. The van der Waals surface area contributed by atoms with E-state index in [1.54, 1.807) is 26.4 Å². The Morgan fingerprint density at radius 2 is 1.56 bits per heavy atom. The molecule has 9 heteroatoms. The van der Waals surface area contributed by atoms with Gasteiger partial charge in [0, 0.05) is 33.7 Å². The fraction of sp³-hybridized carbons (Fsp3) is 0.366. The first-order valence-corrected chi connectivity index (χ1v) is 17.3. The van der Waals surface area contributed by atoms with E-state index in [2.05, 4.69) is 10.2 Å². The van der Waals surface area contributed by atoms with Crippen molar-refractivity contribution in [3.63, 3.8) is 0 Å². The number of hydrogen-bond donors (Lipinski definition) is 1. The van der Waals surface area contributed by atoms with E-state index < -0.39 is 18.1 Å². The Kier molecular flexibility index (Phi) is 12.2. The number of piperidine rings is 2. The topological polar surface area (TPSA) is 95.6 Å². The van der Waals surface area contributed by atoms with Gasteiger partial charge in [-0.05, 0) is 83.8 Å². The van der Waals surface area contributed by atoms with Crippen molar-refractivity contribution in [3.8, 4) is 5.75 Å². The molecule has 0 aliphatic carbocycles. The lowest BCUT2D eigenvalue weighted by atomic mass is 9.88. The van der Waals surface area contributed by atoms with Gasteiger partial charge in [-0.2, -0.15) is 0 Å². The van der Waals surface area contributed by atoms with Crippen LogP contribution in [-0.2, 0) is 38.6 Å². The molecule has 0 aromatic heterocycles. The Morgan fingerprint density at radius 3 is 2.34 bits per heavy atom. The highest BCUT2D eigenvalue weighted by atomic mass is 16.7. The fourth-order valence-corrected chi connectivity index (χ4v) is 6.83. The van der Waals surface area contributed by atoms with E-state index in [4.69, 9.17) is 23.7 Å². The van der Waals surface area contributed by atoms with E-state index in [-0.39, 0.29) is 25.6 Å². The van der Waals surface area contributed by atoms with Crippen LogP contribution in [0.15, 0.2) is 103 Å². The van der Waals surface area contributed by atoms with Gasteiger partial charge in [-0.25, -0.2) is 9.59 Å². The standard InChI is InChI=1S/C41H46N2O7/c1-46-38(47-2)23-29-16-18-30(19-17-29)27-49-40(44)35-14-6-9-32(21-35)28-48-36-15-7-13-34(24-36)39(33-11-4-3-5-12-33)42-41(45)50-37-22-31-10-8-20-43(25-31)26-37/h3-7,9,11-19,21,24,31,37-39H,8,10,20,22-23,25-28H2,1-2H3,(H,42,45)/t31?,37-,39+/m1/s1. The van der Waals surface area contributed by atoms with E-state index >= 15 is 0 Å². The molecule has 0 saturated carbocycles. The van der Waals surface area contributed by atoms with Crippen molar-refractivity contribution in [2.24, 2.45) is 5.92 Å². The van der Waals surface area contributed by atoms with Gasteiger partial charge in [0.15, 0.2) is 6.29 Å². The van der Waals surface area contributed by atoms with Crippen LogP contribution in [0.1, 0.15) is 63.5 Å². The molecule has 2 heterocycles. The third-order valence-electron chi connectivity index (χ3n) is 9.41. The summed E-state index contributed by atoms with van der Waals surface area (Å²) in [4.78, 5) is 28.6. The molecule has 262 valence electrons. The molecule has 4 atom stereocenters. The summed E-state index contributed by atoms with van der Waals surface area (Å²) < 4.78 is 28.3. The lowest BCUT2D eigenvalue weighted by Crippen LogP contribution is -2.49. The molecule has 4 aromatic carbocycles. The van der Waals surface area contributed by atoms with Crippen LogP contribution in [0.4, 0.5) is 4.79 Å². The van der Waals surface area contributed by atoms with Gasteiger partial charge in [-0.1, -0.05) is 78.9 Å². The minimum Gasteiger partial charge on any atom is -0.489 e. The first kappa shape index (κ1) is 35.1. The highest BCUT2D eigenvalue weighted by Gasteiger charge is 2.32. The van der Waals surface area contributed by atoms with Crippen molar-refractivity contribution >= 4 is 12.1 Å². The van der Waals surface area contributed by atoms with E-state index in [0.29, 0.717) is 23.7 Å². The van der Waals surface area contributed by atoms with Gasteiger partial charge in [0.25, 0.3) is 0 Å². The van der Waals surface area contributed by atoms with Gasteiger partial charge < -0.3 is 29.0 Å². The van der Waals surface area contributed by atoms with Gasteiger partial charge in [0.05, 0.1) is 11.6 Å². The average Bonchev–Trinajstić information content (AvgIpc) is 3.15. The number of amides is 1. The second-order valence-electron chi connectivity index (χ2n) is 13.1. The molecule has 2 bridgehead atoms. The summed E-state index contributed by atoms with van der Waals surface area (Å²) in [6, 6.07) is 32.2. The van der Waals surface area contributed by atoms with E-state index in [1.807, 2.05) is 91.0 Å². The summed E-state index contributed by atoms with van der Waals surface area (Å²) in [6.45, 7) is 3.39. The van der Waals surface area contributed by atoms with Crippen molar-refractivity contribution < 1.29 is 33.3 Å².